The summed E-state index contributed by atoms with van der Waals surface area (Å²) in [5.74, 6) is 0.125. The fourth-order valence-electron chi connectivity index (χ4n) is 5.49. The summed E-state index contributed by atoms with van der Waals surface area (Å²) in [7, 11) is 2.20. The molecular formula is C23H25FN6. The molecule has 4 aromatic rings. The van der Waals surface area contributed by atoms with Gasteiger partial charge >= 0.3 is 0 Å². The van der Waals surface area contributed by atoms with Crippen LogP contribution < -0.4 is 0 Å². The first-order chi connectivity index (χ1) is 14.4. The van der Waals surface area contributed by atoms with Crippen LogP contribution in [0.2, 0.25) is 0 Å². The van der Waals surface area contributed by atoms with Gasteiger partial charge in [0.15, 0.2) is 17.1 Å². The van der Waals surface area contributed by atoms with E-state index in [-0.39, 0.29) is 5.82 Å². The first-order valence-corrected chi connectivity index (χ1v) is 10.6. The van der Waals surface area contributed by atoms with Gasteiger partial charge in [0.25, 0.3) is 0 Å². The molecule has 0 amide bonds. The van der Waals surface area contributed by atoms with Gasteiger partial charge in [-0.3, -0.25) is 0 Å². The lowest BCUT2D eigenvalue weighted by Gasteiger charge is -2.44. The standard InChI is InChI=1S/C23H25FN6/c1-14-6-19(27-30-10-15(2)25-21(14)30)16-7-18(24)22-26-20(12-29(22)11-16)17-8-23(9-17)4-5-28(3)13-23/h6-7,10-12,17H,4-5,8-9,13H2,1-3H3. The zero-order valence-corrected chi connectivity index (χ0v) is 17.6. The highest BCUT2D eigenvalue weighted by Crippen LogP contribution is 2.55. The smallest absolute Gasteiger partial charge is 0.173 e. The summed E-state index contributed by atoms with van der Waals surface area (Å²) in [5.41, 5.74) is 6.09. The van der Waals surface area contributed by atoms with Gasteiger partial charge in [-0.05, 0) is 69.8 Å². The Kier molecular flexibility index (Phi) is 3.67. The number of hydrogen-bond donors (Lipinski definition) is 0. The molecule has 4 aromatic heterocycles. The van der Waals surface area contributed by atoms with Crippen molar-refractivity contribution < 1.29 is 4.39 Å². The Hall–Kier alpha value is -2.80. The number of hydrogen-bond acceptors (Lipinski definition) is 4. The van der Waals surface area contributed by atoms with Crippen LogP contribution in [-0.4, -0.2) is 49.0 Å². The Bertz CT molecular complexity index is 1300. The minimum atomic E-state index is -0.310. The third-order valence-electron chi connectivity index (χ3n) is 6.96. The van der Waals surface area contributed by atoms with E-state index in [1.165, 1.54) is 25.6 Å². The predicted molar refractivity (Wildman–Crippen MR) is 113 cm³/mol. The van der Waals surface area contributed by atoms with Crippen molar-refractivity contribution in [2.75, 3.05) is 20.1 Å². The highest BCUT2D eigenvalue weighted by atomic mass is 19.1. The van der Waals surface area contributed by atoms with Crippen LogP contribution in [0.25, 0.3) is 22.6 Å². The largest absolute Gasteiger partial charge is 0.306 e. The maximum atomic E-state index is 15.0. The molecule has 0 bridgehead atoms. The average molecular weight is 404 g/mol. The minimum absolute atomic E-state index is 0.310. The van der Waals surface area contributed by atoms with Crippen LogP contribution in [-0.2, 0) is 0 Å². The van der Waals surface area contributed by atoms with Crippen molar-refractivity contribution in [2.45, 2.75) is 39.0 Å². The highest BCUT2D eigenvalue weighted by Gasteiger charge is 2.48. The number of aryl methyl sites for hydroxylation is 2. The molecule has 6 nitrogen and oxygen atoms in total. The molecule has 0 unspecified atom stereocenters. The summed E-state index contributed by atoms with van der Waals surface area (Å²) >= 11 is 0. The van der Waals surface area contributed by atoms with Crippen LogP contribution in [0.1, 0.15) is 42.1 Å². The molecule has 2 aliphatic rings. The van der Waals surface area contributed by atoms with Gasteiger partial charge in [0, 0.05) is 30.4 Å². The van der Waals surface area contributed by atoms with Gasteiger partial charge in [0.2, 0.25) is 0 Å². The molecule has 1 saturated carbocycles. The molecule has 6 rings (SSSR count). The van der Waals surface area contributed by atoms with Crippen LogP contribution in [0.4, 0.5) is 4.39 Å². The van der Waals surface area contributed by atoms with Gasteiger partial charge in [0.05, 0.1) is 23.3 Å². The maximum Gasteiger partial charge on any atom is 0.173 e. The summed E-state index contributed by atoms with van der Waals surface area (Å²) in [6.07, 6.45) is 9.42. The van der Waals surface area contributed by atoms with Crippen LogP contribution in [0.3, 0.4) is 0 Å². The molecule has 7 heteroatoms. The zero-order chi connectivity index (χ0) is 20.6. The number of fused-ring (bicyclic) bond motifs is 2. The Labute approximate surface area is 174 Å². The fourth-order valence-corrected chi connectivity index (χ4v) is 5.49. The van der Waals surface area contributed by atoms with Crippen molar-refractivity contribution in [2.24, 2.45) is 5.41 Å². The molecule has 154 valence electrons. The van der Waals surface area contributed by atoms with E-state index in [4.69, 9.17) is 0 Å². The van der Waals surface area contributed by atoms with Crippen molar-refractivity contribution in [3.8, 4) is 11.3 Å². The van der Waals surface area contributed by atoms with Gasteiger partial charge in [-0.2, -0.15) is 5.10 Å². The van der Waals surface area contributed by atoms with Crippen LogP contribution >= 0.6 is 0 Å². The van der Waals surface area contributed by atoms with Gasteiger partial charge in [-0.15, -0.1) is 0 Å². The SMILES string of the molecule is Cc1cn2nc(-c3cc(F)c4nc(C5CC6(CCN(C)C6)C5)cn4c3)cc(C)c2n1. The average Bonchev–Trinajstić information content (AvgIpc) is 3.36. The molecule has 0 radical (unpaired) electrons. The van der Waals surface area contributed by atoms with E-state index >= 15 is 0 Å². The summed E-state index contributed by atoms with van der Waals surface area (Å²) < 4.78 is 18.6. The minimum Gasteiger partial charge on any atom is -0.306 e. The van der Waals surface area contributed by atoms with Gasteiger partial charge in [0.1, 0.15) is 0 Å². The Morgan fingerprint density at radius 1 is 1.07 bits per heavy atom. The summed E-state index contributed by atoms with van der Waals surface area (Å²) in [6, 6.07) is 3.50. The third kappa shape index (κ3) is 2.68. The molecule has 1 aliphatic heterocycles. The molecule has 1 spiro atoms. The highest BCUT2D eigenvalue weighted by molar-refractivity contribution is 5.64. The third-order valence-corrected chi connectivity index (χ3v) is 6.96. The van der Waals surface area contributed by atoms with Crippen molar-refractivity contribution in [1.29, 1.82) is 0 Å². The van der Waals surface area contributed by atoms with E-state index in [0.717, 1.165) is 46.7 Å². The number of pyridine rings is 1. The molecule has 0 N–H and O–H groups in total. The molecule has 0 atom stereocenters. The van der Waals surface area contributed by atoms with Crippen LogP contribution in [0.5, 0.6) is 0 Å². The summed E-state index contributed by atoms with van der Waals surface area (Å²) in [4.78, 5) is 11.6. The second-order valence-electron chi connectivity index (χ2n) is 9.43. The number of rotatable bonds is 2. The van der Waals surface area contributed by atoms with E-state index < -0.39 is 0 Å². The Balaban J connectivity index is 1.35. The van der Waals surface area contributed by atoms with Gasteiger partial charge in [-0.25, -0.2) is 18.9 Å². The van der Waals surface area contributed by atoms with Gasteiger partial charge in [-0.1, -0.05) is 0 Å². The summed E-state index contributed by atoms with van der Waals surface area (Å²) in [5, 5.41) is 4.65. The number of likely N-dealkylation sites (tertiary alicyclic amines) is 1. The van der Waals surface area contributed by atoms with E-state index in [9.17, 15) is 4.39 Å². The first-order valence-electron chi connectivity index (χ1n) is 10.6. The molecule has 1 aliphatic carbocycles. The van der Waals surface area contributed by atoms with E-state index in [2.05, 4.69) is 27.0 Å². The van der Waals surface area contributed by atoms with E-state index in [1.54, 1.807) is 4.52 Å². The lowest BCUT2D eigenvalue weighted by Crippen LogP contribution is -2.38. The first kappa shape index (κ1) is 18.0. The second kappa shape index (κ2) is 6.11. The molecule has 30 heavy (non-hydrogen) atoms. The quantitative estimate of drug-likeness (QED) is 0.507. The van der Waals surface area contributed by atoms with Gasteiger partial charge < -0.3 is 9.30 Å². The molecule has 0 aromatic carbocycles. The number of halogens is 1. The lowest BCUT2D eigenvalue weighted by atomic mass is 9.60. The molecule has 5 heterocycles. The van der Waals surface area contributed by atoms with Crippen LogP contribution in [0.15, 0.2) is 30.7 Å². The predicted octanol–water partition coefficient (Wildman–Crippen LogP) is 4.00. The van der Waals surface area contributed by atoms with Crippen LogP contribution in [0, 0.1) is 25.1 Å². The second-order valence-corrected chi connectivity index (χ2v) is 9.43. The Morgan fingerprint density at radius 3 is 2.67 bits per heavy atom. The molecular weight excluding hydrogens is 379 g/mol. The maximum absolute atomic E-state index is 15.0. The van der Waals surface area contributed by atoms with Crippen molar-refractivity contribution in [3.05, 3.63) is 53.5 Å². The number of aromatic nitrogens is 5. The normalized spacial score (nSPS) is 24.3. The topological polar surface area (TPSA) is 50.7 Å². The van der Waals surface area contributed by atoms with Crippen molar-refractivity contribution in [1.82, 2.24) is 28.9 Å². The van der Waals surface area contributed by atoms with E-state index in [0.29, 0.717) is 17.0 Å². The summed E-state index contributed by atoms with van der Waals surface area (Å²) in [6.45, 7) is 6.31. The number of nitrogens with zero attached hydrogens (tertiary/aromatic N) is 6. The number of imidazole rings is 2. The fraction of sp³-hybridized carbons (Fsp3) is 0.435. The molecule has 2 fully saturated rings. The monoisotopic (exact) mass is 404 g/mol. The van der Waals surface area contributed by atoms with Crippen molar-refractivity contribution >= 4 is 11.3 Å². The lowest BCUT2D eigenvalue weighted by molar-refractivity contribution is 0.111. The van der Waals surface area contributed by atoms with E-state index in [1.807, 2.05) is 42.9 Å². The zero-order valence-electron chi connectivity index (χ0n) is 17.6. The Morgan fingerprint density at radius 2 is 1.90 bits per heavy atom. The van der Waals surface area contributed by atoms with Crippen molar-refractivity contribution in [3.63, 3.8) is 0 Å². The molecule has 1 saturated heterocycles.